The second kappa shape index (κ2) is 4.43. The molecule has 4 nitrogen and oxygen atoms in total. The third-order valence-corrected chi connectivity index (χ3v) is 2.98. The number of hydrogen-bond acceptors (Lipinski definition) is 3. The summed E-state index contributed by atoms with van der Waals surface area (Å²) in [6.07, 6.45) is 0.392. The van der Waals surface area contributed by atoms with Gasteiger partial charge < -0.3 is 14.9 Å². The van der Waals surface area contributed by atoms with Crippen molar-refractivity contribution in [2.24, 2.45) is 0 Å². The molecule has 0 aliphatic heterocycles. The summed E-state index contributed by atoms with van der Waals surface area (Å²) in [5, 5.41) is 18.9. The highest BCUT2D eigenvalue weighted by atomic mass is 16.5. The molecule has 0 fully saturated rings. The Morgan fingerprint density at radius 3 is 2.56 bits per heavy atom. The van der Waals surface area contributed by atoms with Gasteiger partial charge in [-0.1, -0.05) is 6.92 Å². The van der Waals surface area contributed by atoms with Gasteiger partial charge in [-0.3, -0.25) is 4.79 Å². The summed E-state index contributed by atoms with van der Waals surface area (Å²) in [4.78, 5) is 11.3. The van der Waals surface area contributed by atoms with E-state index < -0.39 is 11.4 Å². The van der Waals surface area contributed by atoms with Crippen LogP contribution < -0.4 is 4.74 Å². The van der Waals surface area contributed by atoms with Crippen LogP contribution in [-0.4, -0.2) is 23.3 Å². The summed E-state index contributed by atoms with van der Waals surface area (Å²) in [5.41, 5.74) is -0.722. The number of phenols is 1. The van der Waals surface area contributed by atoms with Crippen molar-refractivity contribution in [1.82, 2.24) is 0 Å². The summed E-state index contributed by atoms with van der Waals surface area (Å²) in [6.45, 7) is 3.36. The van der Waals surface area contributed by atoms with Gasteiger partial charge in [0.25, 0.3) is 0 Å². The van der Waals surface area contributed by atoms with Crippen LogP contribution in [0.2, 0.25) is 0 Å². The highest BCUT2D eigenvalue weighted by molar-refractivity contribution is 5.82. The van der Waals surface area contributed by atoms with E-state index >= 15 is 0 Å². The van der Waals surface area contributed by atoms with Crippen LogP contribution in [0.15, 0.2) is 18.2 Å². The van der Waals surface area contributed by atoms with Crippen LogP contribution in [0.4, 0.5) is 0 Å². The number of methoxy groups -OCH3 is 1. The summed E-state index contributed by atoms with van der Waals surface area (Å²) in [7, 11) is 1.50. The summed E-state index contributed by atoms with van der Waals surface area (Å²) in [5.74, 6) is -0.445. The van der Waals surface area contributed by atoms with Gasteiger partial charge in [0, 0.05) is 5.56 Å². The second-order valence-corrected chi connectivity index (χ2v) is 3.87. The van der Waals surface area contributed by atoms with Gasteiger partial charge in [-0.2, -0.15) is 0 Å². The molecule has 0 bridgehead atoms. The number of carboxylic acids is 1. The number of carboxylic acid groups (broad SMARTS) is 1. The van der Waals surface area contributed by atoms with Crippen molar-refractivity contribution in [3.63, 3.8) is 0 Å². The molecule has 1 aromatic rings. The maximum Gasteiger partial charge on any atom is 0.313 e. The van der Waals surface area contributed by atoms with Crippen LogP contribution in [0.5, 0.6) is 11.5 Å². The molecule has 0 aliphatic carbocycles. The molecule has 0 saturated heterocycles. The van der Waals surface area contributed by atoms with E-state index in [1.54, 1.807) is 26.0 Å². The van der Waals surface area contributed by atoms with E-state index in [1.165, 1.54) is 13.2 Å². The number of phenolic OH excluding ortho intramolecular Hbond substituents is 1. The number of hydrogen-bond donors (Lipinski definition) is 2. The Hall–Kier alpha value is -1.71. The Bertz CT molecular complexity index is 400. The molecule has 1 unspecified atom stereocenters. The quantitative estimate of drug-likeness (QED) is 0.822. The highest BCUT2D eigenvalue weighted by Crippen LogP contribution is 2.36. The van der Waals surface area contributed by atoms with Crippen LogP contribution in [-0.2, 0) is 10.2 Å². The normalized spacial score (nSPS) is 14.2. The smallest absolute Gasteiger partial charge is 0.313 e. The first-order chi connectivity index (χ1) is 7.45. The van der Waals surface area contributed by atoms with Crippen molar-refractivity contribution in [2.45, 2.75) is 25.7 Å². The van der Waals surface area contributed by atoms with Gasteiger partial charge in [0.2, 0.25) is 0 Å². The van der Waals surface area contributed by atoms with Gasteiger partial charge in [0.05, 0.1) is 12.5 Å². The minimum Gasteiger partial charge on any atom is -0.508 e. The first-order valence-corrected chi connectivity index (χ1v) is 5.06. The molecule has 0 amide bonds. The molecule has 16 heavy (non-hydrogen) atoms. The van der Waals surface area contributed by atoms with E-state index in [2.05, 4.69) is 0 Å². The molecule has 1 rings (SSSR count). The van der Waals surface area contributed by atoms with E-state index in [4.69, 9.17) is 4.74 Å². The topological polar surface area (TPSA) is 66.8 Å². The summed E-state index contributed by atoms with van der Waals surface area (Å²) < 4.78 is 5.03. The van der Waals surface area contributed by atoms with Gasteiger partial charge in [-0.05, 0) is 31.5 Å². The lowest BCUT2D eigenvalue weighted by Crippen LogP contribution is -2.31. The number of aromatic hydroxyl groups is 1. The van der Waals surface area contributed by atoms with Gasteiger partial charge in [-0.15, -0.1) is 0 Å². The monoisotopic (exact) mass is 224 g/mol. The minimum atomic E-state index is -1.10. The largest absolute Gasteiger partial charge is 0.508 e. The number of carbonyl (C=O) groups is 1. The number of benzene rings is 1. The van der Waals surface area contributed by atoms with Crippen LogP contribution in [0, 0.1) is 0 Å². The average molecular weight is 224 g/mol. The molecule has 0 heterocycles. The Kier molecular flexibility index (Phi) is 3.42. The molecule has 0 radical (unpaired) electrons. The lowest BCUT2D eigenvalue weighted by molar-refractivity contribution is -0.143. The third-order valence-electron chi connectivity index (χ3n) is 2.98. The maximum atomic E-state index is 11.3. The summed E-state index contributed by atoms with van der Waals surface area (Å²) in [6, 6.07) is 4.61. The first-order valence-electron chi connectivity index (χ1n) is 5.06. The predicted octanol–water partition coefficient (Wildman–Crippen LogP) is 2.15. The van der Waals surface area contributed by atoms with Crippen molar-refractivity contribution in [1.29, 1.82) is 0 Å². The Morgan fingerprint density at radius 1 is 1.50 bits per heavy atom. The fraction of sp³-hybridized carbons (Fsp3) is 0.417. The summed E-state index contributed by atoms with van der Waals surface area (Å²) >= 11 is 0. The molecule has 2 N–H and O–H groups in total. The van der Waals surface area contributed by atoms with Crippen LogP contribution in [0.25, 0.3) is 0 Å². The van der Waals surface area contributed by atoms with Crippen molar-refractivity contribution < 1.29 is 19.7 Å². The van der Waals surface area contributed by atoms with E-state index in [-0.39, 0.29) is 5.75 Å². The van der Waals surface area contributed by atoms with Crippen LogP contribution in [0.3, 0.4) is 0 Å². The molecular weight excluding hydrogens is 208 g/mol. The minimum absolute atomic E-state index is 0.0208. The van der Waals surface area contributed by atoms with E-state index in [0.29, 0.717) is 17.7 Å². The zero-order valence-corrected chi connectivity index (χ0v) is 9.65. The van der Waals surface area contributed by atoms with Crippen molar-refractivity contribution in [3.05, 3.63) is 23.8 Å². The van der Waals surface area contributed by atoms with E-state index in [9.17, 15) is 15.0 Å². The molecule has 0 spiro atoms. The molecule has 1 aromatic carbocycles. The molecule has 0 aliphatic rings. The average Bonchev–Trinajstić information content (AvgIpc) is 2.28. The lowest BCUT2D eigenvalue weighted by atomic mass is 9.79. The Labute approximate surface area is 94.5 Å². The lowest BCUT2D eigenvalue weighted by Gasteiger charge is -2.24. The van der Waals surface area contributed by atoms with Gasteiger partial charge in [0.15, 0.2) is 0 Å². The zero-order chi connectivity index (χ0) is 12.3. The van der Waals surface area contributed by atoms with Gasteiger partial charge in [0.1, 0.15) is 11.5 Å². The fourth-order valence-corrected chi connectivity index (χ4v) is 1.54. The van der Waals surface area contributed by atoms with Crippen LogP contribution in [0.1, 0.15) is 25.8 Å². The first kappa shape index (κ1) is 12.4. The number of aliphatic carboxylic acids is 1. The number of ether oxygens (including phenoxy) is 1. The third kappa shape index (κ3) is 1.96. The fourth-order valence-electron chi connectivity index (χ4n) is 1.54. The highest BCUT2D eigenvalue weighted by Gasteiger charge is 2.35. The van der Waals surface area contributed by atoms with E-state index in [0.717, 1.165) is 0 Å². The standard InChI is InChI=1S/C12H16O4/c1-4-12(2,11(14)15)9-7-8(16-3)5-6-10(9)13/h5-7,13H,4H2,1-3H3,(H,14,15). The van der Waals surface area contributed by atoms with Gasteiger partial charge >= 0.3 is 5.97 Å². The molecule has 88 valence electrons. The molecule has 4 heteroatoms. The van der Waals surface area contributed by atoms with Crippen molar-refractivity contribution in [3.8, 4) is 11.5 Å². The molecule has 1 atom stereocenters. The SMILES string of the molecule is CCC(C)(C(=O)O)c1cc(OC)ccc1O. The maximum absolute atomic E-state index is 11.3. The molecule has 0 aromatic heterocycles. The Morgan fingerprint density at radius 2 is 2.12 bits per heavy atom. The van der Waals surface area contributed by atoms with Crippen molar-refractivity contribution >= 4 is 5.97 Å². The predicted molar refractivity (Wildman–Crippen MR) is 59.9 cm³/mol. The molecule has 0 saturated carbocycles. The zero-order valence-electron chi connectivity index (χ0n) is 9.65. The Balaban J connectivity index is 3.34. The second-order valence-electron chi connectivity index (χ2n) is 3.87. The van der Waals surface area contributed by atoms with Crippen LogP contribution >= 0.6 is 0 Å². The number of rotatable bonds is 4. The van der Waals surface area contributed by atoms with Gasteiger partial charge in [-0.25, -0.2) is 0 Å². The van der Waals surface area contributed by atoms with E-state index in [1.807, 2.05) is 0 Å². The van der Waals surface area contributed by atoms with Crippen molar-refractivity contribution in [2.75, 3.05) is 7.11 Å². The molecular formula is C12H16O4.